The zero-order chi connectivity index (χ0) is 19.9. The van der Waals surface area contributed by atoms with E-state index in [0.29, 0.717) is 17.1 Å². The fourth-order valence-electron chi connectivity index (χ4n) is 4.48. The smallest absolute Gasteiger partial charge is 0.267 e. The first kappa shape index (κ1) is 19.3. The van der Waals surface area contributed by atoms with E-state index in [2.05, 4.69) is 10.2 Å². The fraction of sp³-hybridized carbons (Fsp3) is 0.524. The van der Waals surface area contributed by atoms with E-state index in [4.69, 9.17) is 0 Å². The van der Waals surface area contributed by atoms with Gasteiger partial charge in [0, 0.05) is 23.7 Å². The number of hydrogen-bond acceptors (Lipinski definition) is 4. The number of nitrogens with zero attached hydrogens (tertiary/aromatic N) is 2. The Balaban J connectivity index is 1.82. The van der Waals surface area contributed by atoms with Crippen LogP contribution in [0.25, 0.3) is 11.3 Å². The molecule has 1 aliphatic heterocycles. The average Bonchev–Trinajstić information content (AvgIpc) is 2.69. The topological polar surface area (TPSA) is 83.1 Å². The van der Waals surface area contributed by atoms with Crippen molar-refractivity contribution in [3.8, 4) is 11.3 Å². The van der Waals surface area contributed by atoms with Crippen LogP contribution >= 0.6 is 0 Å². The first-order valence-corrected chi connectivity index (χ1v) is 11.6. The molecule has 1 aromatic carbocycles. The van der Waals surface area contributed by atoms with Crippen LogP contribution in [0.1, 0.15) is 55.7 Å². The molecule has 4 rings (SSSR count). The highest BCUT2D eigenvalue weighted by Gasteiger charge is 2.32. The van der Waals surface area contributed by atoms with Crippen LogP contribution in [0, 0.1) is 6.92 Å². The molecule has 1 aromatic heterocycles. The van der Waals surface area contributed by atoms with Gasteiger partial charge < -0.3 is 0 Å². The van der Waals surface area contributed by atoms with Gasteiger partial charge in [0.15, 0.2) is 0 Å². The lowest BCUT2D eigenvalue weighted by atomic mass is 9.90. The largest absolute Gasteiger partial charge is 0.268 e. The van der Waals surface area contributed by atoms with E-state index in [1.54, 1.807) is 10.4 Å². The van der Waals surface area contributed by atoms with Crippen molar-refractivity contribution in [1.82, 2.24) is 14.5 Å². The Bertz CT molecular complexity index is 1060. The Hall–Kier alpha value is -1.99. The standard InChI is InChI=1S/C21H27N3O3S/c1-14-10-11-16(20-17-8-3-4-9-18(17)21(25)23-22-20)13-19(14)28(26,27)24-12-6-5-7-15(24)2/h10-11,13,15H,3-9,12H2,1-2H3,(H,23,25). The van der Waals surface area contributed by atoms with Crippen molar-refractivity contribution in [2.45, 2.75) is 69.7 Å². The van der Waals surface area contributed by atoms with Crippen LogP contribution in [-0.2, 0) is 22.9 Å². The monoisotopic (exact) mass is 401 g/mol. The molecule has 2 heterocycles. The van der Waals surface area contributed by atoms with E-state index in [-0.39, 0.29) is 11.6 Å². The SMILES string of the molecule is Cc1ccc(-c2n[nH]c(=O)c3c2CCCC3)cc1S(=O)(=O)N1CCCCC1C. The first-order chi connectivity index (χ1) is 13.4. The van der Waals surface area contributed by atoms with Gasteiger partial charge in [-0.05, 0) is 69.6 Å². The molecule has 1 aliphatic carbocycles. The van der Waals surface area contributed by atoms with Gasteiger partial charge >= 0.3 is 0 Å². The maximum absolute atomic E-state index is 13.4. The number of fused-ring (bicyclic) bond motifs is 1. The van der Waals surface area contributed by atoms with Crippen molar-refractivity contribution in [1.29, 1.82) is 0 Å². The van der Waals surface area contributed by atoms with Gasteiger partial charge in [-0.3, -0.25) is 4.79 Å². The quantitative estimate of drug-likeness (QED) is 0.856. The van der Waals surface area contributed by atoms with Crippen LogP contribution < -0.4 is 5.56 Å². The molecule has 6 nitrogen and oxygen atoms in total. The van der Waals surface area contributed by atoms with E-state index < -0.39 is 10.0 Å². The Morgan fingerprint density at radius 2 is 1.86 bits per heavy atom. The molecule has 0 amide bonds. The number of nitrogens with one attached hydrogen (secondary N) is 1. The summed E-state index contributed by atoms with van der Waals surface area (Å²) in [5.74, 6) is 0. The molecule has 2 aromatic rings. The predicted octanol–water partition coefficient (Wildman–Crippen LogP) is 3.19. The van der Waals surface area contributed by atoms with E-state index in [1.807, 2.05) is 26.0 Å². The minimum absolute atomic E-state index is 0.0146. The minimum atomic E-state index is -3.57. The zero-order valence-corrected chi connectivity index (χ0v) is 17.3. The van der Waals surface area contributed by atoms with Crippen LogP contribution in [0.5, 0.6) is 0 Å². The van der Waals surface area contributed by atoms with E-state index in [9.17, 15) is 13.2 Å². The summed E-state index contributed by atoms with van der Waals surface area (Å²) in [4.78, 5) is 12.5. The minimum Gasteiger partial charge on any atom is -0.268 e. The third kappa shape index (κ3) is 3.31. The highest BCUT2D eigenvalue weighted by Crippen LogP contribution is 2.32. The van der Waals surface area contributed by atoms with Crippen molar-refractivity contribution in [2.24, 2.45) is 0 Å². The van der Waals surface area contributed by atoms with Crippen LogP contribution in [0.15, 0.2) is 27.9 Å². The van der Waals surface area contributed by atoms with Gasteiger partial charge in [0.1, 0.15) is 0 Å². The van der Waals surface area contributed by atoms with Crippen LogP contribution in [-0.4, -0.2) is 35.5 Å². The molecule has 1 unspecified atom stereocenters. The number of hydrogen-bond donors (Lipinski definition) is 1. The number of piperidine rings is 1. The number of aromatic amines is 1. The maximum atomic E-state index is 13.4. The summed E-state index contributed by atoms with van der Waals surface area (Å²) >= 11 is 0. The summed E-state index contributed by atoms with van der Waals surface area (Å²) in [6.45, 7) is 4.39. The molecule has 1 fully saturated rings. The maximum Gasteiger partial charge on any atom is 0.267 e. The van der Waals surface area contributed by atoms with Gasteiger partial charge in [0.05, 0.1) is 10.6 Å². The summed E-state index contributed by atoms with van der Waals surface area (Å²) in [5, 5.41) is 6.90. The van der Waals surface area contributed by atoms with E-state index in [1.165, 1.54) is 0 Å². The highest BCUT2D eigenvalue weighted by molar-refractivity contribution is 7.89. The van der Waals surface area contributed by atoms with Gasteiger partial charge in [0.2, 0.25) is 10.0 Å². The summed E-state index contributed by atoms with van der Waals surface area (Å²) in [5.41, 5.74) is 3.83. The lowest BCUT2D eigenvalue weighted by Gasteiger charge is -2.32. The Kier molecular flexibility index (Phi) is 5.14. The van der Waals surface area contributed by atoms with Gasteiger partial charge in [-0.25, -0.2) is 13.5 Å². The third-order valence-electron chi connectivity index (χ3n) is 6.09. The number of aromatic nitrogens is 2. The van der Waals surface area contributed by atoms with Crippen molar-refractivity contribution >= 4 is 10.0 Å². The molecule has 1 atom stereocenters. The van der Waals surface area contributed by atoms with Crippen molar-refractivity contribution < 1.29 is 8.42 Å². The molecular weight excluding hydrogens is 374 g/mol. The summed E-state index contributed by atoms with van der Waals surface area (Å²) in [6.07, 6.45) is 6.44. The number of aryl methyl sites for hydroxylation is 1. The second-order valence-corrected chi connectivity index (χ2v) is 9.87. The predicted molar refractivity (Wildman–Crippen MR) is 109 cm³/mol. The summed E-state index contributed by atoms with van der Waals surface area (Å²) < 4.78 is 28.4. The van der Waals surface area contributed by atoms with Gasteiger partial charge in [0.25, 0.3) is 5.56 Å². The number of rotatable bonds is 3. The summed E-state index contributed by atoms with van der Waals surface area (Å²) in [7, 11) is -3.57. The van der Waals surface area contributed by atoms with Crippen LogP contribution in [0.4, 0.5) is 0 Å². The van der Waals surface area contributed by atoms with Gasteiger partial charge in [-0.15, -0.1) is 0 Å². The fourth-order valence-corrected chi connectivity index (χ4v) is 6.43. The van der Waals surface area contributed by atoms with Gasteiger partial charge in [-0.2, -0.15) is 9.40 Å². The molecule has 2 aliphatic rings. The van der Waals surface area contributed by atoms with Crippen LogP contribution in [0.2, 0.25) is 0 Å². The van der Waals surface area contributed by atoms with E-state index >= 15 is 0 Å². The van der Waals surface area contributed by atoms with Crippen molar-refractivity contribution in [2.75, 3.05) is 6.54 Å². The molecule has 28 heavy (non-hydrogen) atoms. The van der Waals surface area contributed by atoms with Crippen LogP contribution in [0.3, 0.4) is 0 Å². The number of sulfonamides is 1. The first-order valence-electron chi connectivity index (χ1n) is 10.1. The van der Waals surface area contributed by atoms with E-state index in [0.717, 1.165) is 67.2 Å². The summed E-state index contributed by atoms with van der Waals surface area (Å²) in [6, 6.07) is 5.50. The Labute approximate surface area is 166 Å². The molecule has 1 N–H and O–H groups in total. The third-order valence-corrected chi connectivity index (χ3v) is 8.24. The molecule has 0 bridgehead atoms. The molecule has 0 spiro atoms. The average molecular weight is 402 g/mol. The zero-order valence-electron chi connectivity index (χ0n) is 16.5. The highest BCUT2D eigenvalue weighted by atomic mass is 32.2. The second-order valence-electron chi connectivity index (χ2n) is 8.01. The number of H-pyrrole nitrogens is 1. The molecular formula is C21H27N3O3S. The lowest BCUT2D eigenvalue weighted by Crippen LogP contribution is -2.42. The lowest BCUT2D eigenvalue weighted by molar-refractivity contribution is 0.268. The molecule has 1 saturated heterocycles. The van der Waals surface area contributed by atoms with Gasteiger partial charge in [-0.1, -0.05) is 18.6 Å². The van der Waals surface area contributed by atoms with Crippen molar-refractivity contribution in [3.05, 3.63) is 45.2 Å². The molecule has 7 heteroatoms. The van der Waals surface area contributed by atoms with Crippen molar-refractivity contribution in [3.63, 3.8) is 0 Å². The Morgan fingerprint density at radius 1 is 1.11 bits per heavy atom. The molecule has 0 saturated carbocycles. The second kappa shape index (κ2) is 7.44. The normalized spacial score (nSPS) is 20.7. The Morgan fingerprint density at radius 3 is 2.61 bits per heavy atom. The number of benzene rings is 1. The molecule has 150 valence electrons. The molecule has 0 radical (unpaired) electrons.